The average molecular weight is 1010 g/mol. The van der Waals surface area contributed by atoms with E-state index in [9.17, 15) is 0 Å². The van der Waals surface area contributed by atoms with Crippen LogP contribution in [-0.4, -0.2) is 27.6 Å². The minimum atomic E-state index is -1.34. The maximum Gasteiger partial charge on any atom is 0.0798 e. The fourth-order valence-corrected chi connectivity index (χ4v) is 9.90. The minimum absolute atomic E-state index is 0. The van der Waals surface area contributed by atoms with E-state index >= 15 is 0 Å². The summed E-state index contributed by atoms with van der Waals surface area (Å²) in [5.41, 5.74) is 17.3. The number of aromatic nitrogens is 4. The minimum Gasteiger partial charge on any atom is -0.333 e. The van der Waals surface area contributed by atoms with Crippen molar-refractivity contribution in [1.29, 1.82) is 0 Å². The Kier molecular flexibility index (Phi) is 14.8. The summed E-state index contributed by atoms with van der Waals surface area (Å²) in [4.78, 5) is 14.5. The molecule has 0 aliphatic heterocycles. The van der Waals surface area contributed by atoms with E-state index in [1.54, 1.807) is 0 Å². The maximum atomic E-state index is 5.23. The van der Waals surface area contributed by atoms with E-state index < -0.39 is 8.07 Å². The Labute approximate surface area is 385 Å². The van der Waals surface area contributed by atoms with Crippen LogP contribution in [0.25, 0.3) is 61.6 Å². The standard InChI is InChI=1S/C38H36N3.C18H24NSi.Ir/c1-24(2)33-22-32(28-13-8-7-9-14-28)23-34(25(3)4)37(33)41-36-18-11-10-17-35(36)40-38(41)30-16-12-15-29(21-30)31-19-26(5)39-27(6)20-31;1-14(2)11-16-12-17(15-9-7-6-8-10-15)19-13-18(16)20(3,4)5;/h7-15,17-25H,1-6H3;6-9,12-14H,11H2,1-5H3;/q2*-1;. The molecule has 8 aromatic rings. The van der Waals surface area contributed by atoms with Gasteiger partial charge in [-0.1, -0.05) is 115 Å². The Bertz CT molecular complexity index is 2710. The largest absolute Gasteiger partial charge is 0.333 e. The van der Waals surface area contributed by atoms with Gasteiger partial charge in [-0.05, 0) is 113 Å². The van der Waals surface area contributed by atoms with E-state index in [2.05, 4.69) is 197 Å². The summed E-state index contributed by atoms with van der Waals surface area (Å²) in [6, 6.07) is 51.7. The third kappa shape index (κ3) is 10.5. The second-order valence-electron chi connectivity index (χ2n) is 18.4. The number of imidazole rings is 1. The van der Waals surface area contributed by atoms with Crippen LogP contribution in [0.1, 0.15) is 81.5 Å². The molecule has 0 saturated heterocycles. The number of para-hydroxylation sites is 2. The molecule has 6 heteroatoms. The molecule has 0 N–H and O–H groups in total. The first-order valence-corrected chi connectivity index (χ1v) is 25.3. The number of aryl methyl sites for hydroxylation is 2. The molecule has 319 valence electrons. The first-order chi connectivity index (χ1) is 29.2. The van der Waals surface area contributed by atoms with Gasteiger partial charge in [0.1, 0.15) is 0 Å². The molecule has 0 fully saturated rings. The summed E-state index contributed by atoms with van der Waals surface area (Å²) in [6.07, 6.45) is 3.24. The molecule has 1 radical (unpaired) electrons. The van der Waals surface area contributed by atoms with E-state index in [-0.39, 0.29) is 20.1 Å². The molecule has 0 aliphatic rings. The van der Waals surface area contributed by atoms with Gasteiger partial charge in [-0.2, -0.15) is 0 Å². The molecule has 0 amide bonds. The SMILES string of the molecule is CC(C)Cc1cc(-c2[c-]cccc2)ncc1[Si](C)(C)C.Cc1cc(-c2cc[c-]c(-c3nc4ccccc4n3-c3c(C(C)C)cc(-c4ccccc4)cc3C(C)C)c2)cc(C)n1.[Ir]. The predicted octanol–water partition coefficient (Wildman–Crippen LogP) is 14.4. The summed E-state index contributed by atoms with van der Waals surface area (Å²) in [7, 11) is -1.34. The molecule has 0 aliphatic carbocycles. The third-order valence-corrected chi connectivity index (χ3v) is 13.2. The van der Waals surface area contributed by atoms with Gasteiger partial charge in [0.05, 0.1) is 24.9 Å². The molecule has 0 bridgehead atoms. The molecule has 8 rings (SSSR count). The summed E-state index contributed by atoms with van der Waals surface area (Å²) in [5.74, 6) is 2.21. The van der Waals surface area contributed by atoms with Crippen LogP contribution in [0, 0.1) is 31.9 Å². The van der Waals surface area contributed by atoms with Crippen molar-refractivity contribution >= 4 is 24.3 Å². The fourth-order valence-electron chi connectivity index (χ4n) is 8.31. The molecule has 62 heavy (non-hydrogen) atoms. The van der Waals surface area contributed by atoms with Crippen molar-refractivity contribution in [2.45, 2.75) is 93.3 Å². The number of benzene rings is 5. The maximum absolute atomic E-state index is 5.23. The van der Waals surface area contributed by atoms with Crippen molar-refractivity contribution in [3.05, 3.63) is 174 Å². The molecule has 4 nitrogen and oxygen atoms in total. The Morgan fingerprint density at radius 3 is 1.82 bits per heavy atom. The van der Waals surface area contributed by atoms with Crippen LogP contribution in [0.4, 0.5) is 0 Å². The number of nitrogens with zero attached hydrogens (tertiary/aromatic N) is 4. The van der Waals surface area contributed by atoms with Crippen molar-refractivity contribution < 1.29 is 20.1 Å². The number of hydrogen-bond acceptors (Lipinski definition) is 3. The summed E-state index contributed by atoms with van der Waals surface area (Å²) < 4.78 is 2.38. The molecular weight excluding hydrogens is 949 g/mol. The zero-order valence-corrected chi connectivity index (χ0v) is 41.7. The van der Waals surface area contributed by atoms with E-state index in [0.717, 1.165) is 62.6 Å². The first kappa shape index (κ1) is 46.2. The number of fused-ring (bicyclic) bond motifs is 1. The van der Waals surface area contributed by atoms with Crippen LogP contribution < -0.4 is 5.19 Å². The van der Waals surface area contributed by atoms with Crippen LogP contribution >= 0.6 is 0 Å². The molecule has 5 aromatic carbocycles. The van der Waals surface area contributed by atoms with Gasteiger partial charge in [0.15, 0.2) is 0 Å². The molecule has 0 saturated carbocycles. The number of rotatable bonds is 10. The smallest absolute Gasteiger partial charge is 0.0798 e. The molecule has 3 heterocycles. The zero-order chi connectivity index (χ0) is 43.4. The van der Waals surface area contributed by atoms with Crippen molar-refractivity contribution in [3.8, 4) is 50.6 Å². The normalized spacial score (nSPS) is 11.5. The van der Waals surface area contributed by atoms with Crippen molar-refractivity contribution in [2.24, 2.45) is 5.92 Å². The first-order valence-electron chi connectivity index (χ1n) is 21.8. The van der Waals surface area contributed by atoms with Crippen LogP contribution in [0.2, 0.25) is 19.6 Å². The second kappa shape index (κ2) is 19.8. The Morgan fingerprint density at radius 2 is 1.21 bits per heavy atom. The third-order valence-electron chi connectivity index (χ3n) is 11.2. The topological polar surface area (TPSA) is 43.6 Å². The van der Waals surface area contributed by atoms with E-state index in [1.807, 2.05) is 38.1 Å². The summed E-state index contributed by atoms with van der Waals surface area (Å²) >= 11 is 0. The summed E-state index contributed by atoms with van der Waals surface area (Å²) in [5, 5.41) is 1.49. The van der Waals surface area contributed by atoms with Crippen LogP contribution in [0.15, 0.2) is 134 Å². The Hall–Kier alpha value is -5.26. The van der Waals surface area contributed by atoms with Gasteiger partial charge in [0.2, 0.25) is 0 Å². The van der Waals surface area contributed by atoms with E-state index in [0.29, 0.717) is 17.8 Å². The van der Waals surface area contributed by atoms with Gasteiger partial charge in [0.25, 0.3) is 0 Å². The van der Waals surface area contributed by atoms with Gasteiger partial charge in [-0.3, -0.25) is 9.97 Å². The number of pyridine rings is 2. The number of hydrogen-bond donors (Lipinski definition) is 0. The Morgan fingerprint density at radius 1 is 0.597 bits per heavy atom. The molecule has 0 unspecified atom stereocenters. The summed E-state index contributed by atoms with van der Waals surface area (Å²) in [6.45, 7) is 25.0. The van der Waals surface area contributed by atoms with E-state index in [4.69, 9.17) is 4.98 Å². The van der Waals surface area contributed by atoms with Gasteiger partial charge in [0, 0.05) is 43.4 Å². The van der Waals surface area contributed by atoms with Gasteiger partial charge < -0.3 is 9.55 Å². The molecular formula is C56H60IrN4Si-2. The van der Waals surface area contributed by atoms with Crippen molar-refractivity contribution in [3.63, 3.8) is 0 Å². The Balaban J connectivity index is 0.000000258. The molecule has 0 spiro atoms. The van der Waals surface area contributed by atoms with Crippen molar-refractivity contribution in [1.82, 2.24) is 19.5 Å². The van der Waals surface area contributed by atoms with Gasteiger partial charge in [-0.15, -0.1) is 71.3 Å². The van der Waals surface area contributed by atoms with E-state index in [1.165, 1.54) is 38.7 Å². The van der Waals surface area contributed by atoms with Crippen molar-refractivity contribution in [2.75, 3.05) is 0 Å². The quantitative estimate of drug-likeness (QED) is 0.101. The monoisotopic (exact) mass is 1010 g/mol. The molecule has 0 atom stereocenters. The van der Waals surface area contributed by atoms with Gasteiger partial charge in [-0.25, -0.2) is 0 Å². The second-order valence-corrected chi connectivity index (χ2v) is 23.5. The zero-order valence-electron chi connectivity index (χ0n) is 38.3. The van der Waals surface area contributed by atoms with Crippen LogP contribution in [-0.2, 0) is 26.5 Å². The fraction of sp³-hybridized carbons (Fsp3) is 0.268. The van der Waals surface area contributed by atoms with Crippen LogP contribution in [0.3, 0.4) is 0 Å². The van der Waals surface area contributed by atoms with Crippen LogP contribution in [0.5, 0.6) is 0 Å². The van der Waals surface area contributed by atoms with Gasteiger partial charge >= 0.3 is 0 Å². The predicted molar refractivity (Wildman–Crippen MR) is 262 cm³/mol. The average Bonchev–Trinajstić information content (AvgIpc) is 3.62. The molecule has 3 aromatic heterocycles.